The molecule has 3 N–H and O–H groups in total. The highest BCUT2D eigenvalue weighted by molar-refractivity contribution is 6.10. The van der Waals surface area contributed by atoms with Gasteiger partial charge in [0.2, 0.25) is 0 Å². The second kappa shape index (κ2) is 9.72. The molecule has 0 aliphatic rings. The maximum Gasteiger partial charge on any atom is 0.421 e. The van der Waals surface area contributed by atoms with Gasteiger partial charge in [0, 0.05) is 12.8 Å². The van der Waals surface area contributed by atoms with Gasteiger partial charge in [0.15, 0.2) is 0 Å². The molecule has 1 rings (SSSR count). The summed E-state index contributed by atoms with van der Waals surface area (Å²) in [4.78, 5) is 59.9. The highest BCUT2D eigenvalue weighted by atomic mass is 16.6. The number of hydrogen-bond acceptors (Lipinski definition) is 7. The van der Waals surface area contributed by atoms with Crippen molar-refractivity contribution in [3.05, 3.63) is 35.9 Å². The molecule has 0 aromatic heterocycles. The fraction of sp³-hybridized carbons (Fsp3) is 0.421. The Morgan fingerprint density at radius 1 is 0.967 bits per heavy atom. The minimum atomic E-state index is -3.17. The summed E-state index contributed by atoms with van der Waals surface area (Å²) in [6, 6.07) is 8.07. The molecule has 164 valence electrons. The van der Waals surface area contributed by atoms with E-state index in [1.54, 1.807) is 30.3 Å². The molecule has 0 aliphatic heterocycles. The molecule has 2 amide bonds. The number of hydrogen-bond donors (Lipinski definition) is 3. The molecule has 0 radical (unpaired) electrons. The van der Waals surface area contributed by atoms with Crippen molar-refractivity contribution < 1.29 is 48.8 Å². The average Bonchev–Trinajstić information content (AvgIpc) is 2.61. The van der Waals surface area contributed by atoms with Gasteiger partial charge in [-0.2, -0.15) is 4.90 Å². The predicted molar refractivity (Wildman–Crippen MR) is 99.6 cm³/mol. The lowest BCUT2D eigenvalue weighted by Crippen LogP contribution is -2.65. The van der Waals surface area contributed by atoms with Gasteiger partial charge in [0.1, 0.15) is 12.2 Å². The van der Waals surface area contributed by atoms with E-state index in [1.165, 1.54) is 20.8 Å². The van der Waals surface area contributed by atoms with Crippen LogP contribution in [0, 0.1) is 0 Å². The minimum absolute atomic E-state index is 0.336. The second-order valence-corrected chi connectivity index (χ2v) is 7.22. The van der Waals surface area contributed by atoms with Gasteiger partial charge in [-0.3, -0.25) is 4.79 Å². The van der Waals surface area contributed by atoms with Gasteiger partial charge >= 0.3 is 30.1 Å². The number of carbonyl (C=O) groups excluding carboxylic acids is 2. The number of nitrogens with zero attached hydrogens (tertiary/aromatic N) is 1. The Kier molecular flexibility index (Phi) is 7.91. The first-order valence-electron chi connectivity index (χ1n) is 8.73. The number of carboxylic acids is 2. The van der Waals surface area contributed by atoms with Gasteiger partial charge in [-0.1, -0.05) is 30.3 Å². The van der Waals surface area contributed by atoms with Crippen LogP contribution >= 0.6 is 0 Å². The minimum Gasteiger partial charge on any atom is -0.481 e. The van der Waals surface area contributed by atoms with Gasteiger partial charge in [0.25, 0.3) is 5.54 Å². The maximum atomic E-state index is 12.8. The van der Waals surface area contributed by atoms with E-state index in [1.807, 2.05) is 0 Å². The van der Waals surface area contributed by atoms with Crippen molar-refractivity contribution in [2.24, 2.45) is 0 Å². The molecule has 30 heavy (non-hydrogen) atoms. The van der Waals surface area contributed by atoms with Crippen LogP contribution in [-0.4, -0.2) is 61.5 Å². The smallest absolute Gasteiger partial charge is 0.421 e. The molecular formula is C19H23NO10. The van der Waals surface area contributed by atoms with Crippen LogP contribution in [-0.2, 0) is 30.5 Å². The van der Waals surface area contributed by atoms with Crippen LogP contribution in [0.25, 0.3) is 0 Å². The van der Waals surface area contributed by atoms with E-state index in [0.717, 1.165) is 0 Å². The van der Waals surface area contributed by atoms with Crippen LogP contribution < -0.4 is 0 Å². The average molecular weight is 425 g/mol. The number of benzene rings is 1. The van der Waals surface area contributed by atoms with Gasteiger partial charge < -0.3 is 24.8 Å². The lowest BCUT2D eigenvalue weighted by atomic mass is 9.91. The van der Waals surface area contributed by atoms with Crippen LogP contribution in [0.2, 0.25) is 0 Å². The monoisotopic (exact) mass is 425 g/mol. The highest BCUT2D eigenvalue weighted by Crippen LogP contribution is 2.28. The summed E-state index contributed by atoms with van der Waals surface area (Å²) in [5.41, 5.74) is -3.93. The van der Waals surface area contributed by atoms with Crippen molar-refractivity contribution in [2.75, 3.05) is 0 Å². The zero-order valence-electron chi connectivity index (χ0n) is 16.7. The molecule has 0 saturated carbocycles. The number of esters is 1. The van der Waals surface area contributed by atoms with Gasteiger partial charge in [0.05, 0.1) is 0 Å². The highest BCUT2D eigenvalue weighted by Gasteiger charge is 2.59. The lowest BCUT2D eigenvalue weighted by Gasteiger charge is -2.35. The van der Waals surface area contributed by atoms with Crippen molar-refractivity contribution in [3.8, 4) is 0 Å². The number of ether oxygens (including phenoxy) is 2. The molecule has 0 heterocycles. The van der Waals surface area contributed by atoms with E-state index in [9.17, 15) is 34.2 Å². The number of rotatable bonds is 8. The largest absolute Gasteiger partial charge is 0.481 e. The summed E-state index contributed by atoms with van der Waals surface area (Å²) in [6.07, 6.45) is -5.76. The molecule has 0 unspecified atom stereocenters. The second-order valence-electron chi connectivity index (χ2n) is 7.22. The van der Waals surface area contributed by atoms with Crippen LogP contribution in [0.1, 0.15) is 39.2 Å². The summed E-state index contributed by atoms with van der Waals surface area (Å²) in [5, 5.41) is 28.3. The van der Waals surface area contributed by atoms with E-state index in [-0.39, 0.29) is 4.90 Å². The number of imide groups is 1. The van der Waals surface area contributed by atoms with E-state index in [0.29, 0.717) is 5.56 Å². The number of aliphatic carboxylic acids is 2. The van der Waals surface area contributed by atoms with Gasteiger partial charge in [-0.05, 0) is 26.3 Å². The topological polar surface area (TPSA) is 168 Å². The predicted octanol–water partition coefficient (Wildman–Crippen LogP) is 2.33. The van der Waals surface area contributed by atoms with Crippen LogP contribution in [0.5, 0.6) is 0 Å². The number of amides is 2. The summed E-state index contributed by atoms with van der Waals surface area (Å²) in [5.74, 6) is -5.20. The van der Waals surface area contributed by atoms with Crippen molar-refractivity contribution in [1.82, 2.24) is 4.90 Å². The summed E-state index contributed by atoms with van der Waals surface area (Å²) < 4.78 is 9.90. The molecule has 0 aliphatic carbocycles. The zero-order chi connectivity index (χ0) is 23.1. The molecule has 11 nitrogen and oxygen atoms in total. The standard InChI is InChI=1S/C19H23NO10/c1-18(2,3)30-17(28)20(16(26)27)19(14(23)24,10-9-13(21)22)15(25)29-11-12-7-5-4-6-8-12/h4-8H,9-11H2,1-3H3,(H,21,22)(H,23,24)(H,26,27)/t19-/m0/s1. The lowest BCUT2D eigenvalue weighted by molar-refractivity contribution is -0.172. The van der Waals surface area contributed by atoms with Crippen molar-refractivity contribution >= 4 is 30.1 Å². The molecule has 0 fully saturated rings. The first-order chi connectivity index (χ1) is 13.8. The van der Waals surface area contributed by atoms with Crippen molar-refractivity contribution in [3.63, 3.8) is 0 Å². The molecule has 0 saturated heterocycles. The maximum absolute atomic E-state index is 12.8. The van der Waals surface area contributed by atoms with Crippen LogP contribution in [0.4, 0.5) is 9.59 Å². The van der Waals surface area contributed by atoms with Crippen LogP contribution in [0.3, 0.4) is 0 Å². The Labute approximate surface area is 171 Å². The third-order valence-corrected chi connectivity index (χ3v) is 3.75. The Morgan fingerprint density at radius 3 is 1.97 bits per heavy atom. The summed E-state index contributed by atoms with van der Waals surface area (Å²) in [7, 11) is 0. The summed E-state index contributed by atoms with van der Waals surface area (Å²) in [6.45, 7) is 3.78. The molecule has 0 spiro atoms. The van der Waals surface area contributed by atoms with E-state index in [2.05, 4.69) is 0 Å². The van der Waals surface area contributed by atoms with Gasteiger partial charge in [-0.15, -0.1) is 0 Å². The van der Waals surface area contributed by atoms with Gasteiger partial charge in [-0.25, -0.2) is 19.2 Å². The Hall–Kier alpha value is -3.63. The summed E-state index contributed by atoms with van der Waals surface area (Å²) >= 11 is 0. The van der Waals surface area contributed by atoms with E-state index in [4.69, 9.17) is 14.6 Å². The number of carboxylic acid groups (broad SMARTS) is 3. The fourth-order valence-corrected chi connectivity index (χ4v) is 2.43. The third kappa shape index (κ3) is 6.19. The van der Waals surface area contributed by atoms with E-state index >= 15 is 0 Å². The first-order valence-corrected chi connectivity index (χ1v) is 8.73. The molecule has 11 heteroatoms. The van der Waals surface area contributed by atoms with Crippen LogP contribution in [0.15, 0.2) is 30.3 Å². The Balaban J connectivity index is 3.42. The third-order valence-electron chi connectivity index (χ3n) is 3.75. The normalized spacial score (nSPS) is 12.9. The fourth-order valence-electron chi connectivity index (χ4n) is 2.43. The molecule has 0 bridgehead atoms. The molecule has 1 aromatic rings. The Bertz CT molecular complexity index is 814. The molecular weight excluding hydrogens is 402 g/mol. The quantitative estimate of drug-likeness (QED) is 0.415. The van der Waals surface area contributed by atoms with Crippen molar-refractivity contribution in [1.29, 1.82) is 0 Å². The molecule has 1 aromatic carbocycles. The van der Waals surface area contributed by atoms with Crippen molar-refractivity contribution in [2.45, 2.75) is 51.4 Å². The first kappa shape index (κ1) is 24.4. The Morgan fingerprint density at radius 2 is 1.53 bits per heavy atom. The van der Waals surface area contributed by atoms with E-state index < -0.39 is 60.7 Å². The SMILES string of the molecule is CC(C)(C)OC(=O)N(C(=O)O)[C@@](CCC(=O)O)(C(=O)O)C(=O)OCc1ccccc1. The number of carbonyl (C=O) groups is 5. The molecule has 1 atom stereocenters. The zero-order valence-corrected chi connectivity index (χ0v) is 16.7.